The van der Waals surface area contributed by atoms with Crippen LogP contribution in [-0.4, -0.2) is 48.2 Å². The molecule has 0 aliphatic carbocycles. The number of carbonyl (C=O) groups excluding carboxylic acids is 1. The Kier molecular flexibility index (Phi) is 4.40. The summed E-state index contributed by atoms with van der Waals surface area (Å²) in [5.74, 6) is -1.62. The van der Waals surface area contributed by atoms with E-state index < -0.39 is 42.9 Å². The van der Waals surface area contributed by atoms with Crippen LogP contribution in [0.2, 0.25) is 0 Å². The fourth-order valence-corrected chi connectivity index (χ4v) is 1.54. The first-order chi connectivity index (χ1) is 8.71. The Morgan fingerprint density at radius 2 is 2.21 bits per heavy atom. The van der Waals surface area contributed by atoms with Gasteiger partial charge in [0.05, 0.1) is 6.61 Å². The Morgan fingerprint density at radius 3 is 2.63 bits per heavy atom. The highest BCUT2D eigenvalue weighted by atomic mass is 19.4. The second kappa shape index (κ2) is 5.47. The number of hydrogen-bond acceptors (Lipinski definition) is 4. The maximum absolute atomic E-state index is 12.4. The summed E-state index contributed by atoms with van der Waals surface area (Å²) in [7, 11) is 0. The number of alkyl carbamates (subject to hydrolysis) is 1. The first-order valence-electron chi connectivity index (χ1n) is 5.19. The summed E-state index contributed by atoms with van der Waals surface area (Å²) in [6.45, 7) is 2.30. The van der Waals surface area contributed by atoms with Gasteiger partial charge in [-0.1, -0.05) is 12.7 Å². The molecule has 1 rings (SSSR count). The zero-order chi connectivity index (χ0) is 14.7. The van der Waals surface area contributed by atoms with Crippen molar-refractivity contribution in [1.29, 1.82) is 0 Å². The lowest BCUT2D eigenvalue weighted by molar-refractivity contribution is -0.206. The molecule has 2 N–H and O–H groups in total. The molecule has 1 heterocycles. The molecule has 0 aromatic carbocycles. The predicted molar refractivity (Wildman–Crippen MR) is 55.5 cm³/mol. The quantitative estimate of drug-likeness (QED) is 0.754. The van der Waals surface area contributed by atoms with Crippen molar-refractivity contribution in [3.8, 4) is 0 Å². The molecule has 0 bridgehead atoms. The van der Waals surface area contributed by atoms with Crippen molar-refractivity contribution >= 4 is 12.1 Å². The third-order valence-corrected chi connectivity index (χ3v) is 2.51. The van der Waals surface area contributed by atoms with E-state index in [1.165, 1.54) is 6.08 Å². The van der Waals surface area contributed by atoms with Gasteiger partial charge in [0.2, 0.25) is 0 Å². The largest absolute Gasteiger partial charge is 0.479 e. The van der Waals surface area contributed by atoms with E-state index in [9.17, 15) is 22.8 Å². The third-order valence-electron chi connectivity index (χ3n) is 2.51. The van der Waals surface area contributed by atoms with Crippen molar-refractivity contribution in [3.63, 3.8) is 0 Å². The molecule has 0 radical (unpaired) electrons. The topological polar surface area (TPSA) is 84.9 Å². The normalized spacial score (nSPS) is 26.8. The van der Waals surface area contributed by atoms with Gasteiger partial charge in [0, 0.05) is 6.42 Å². The third kappa shape index (κ3) is 3.60. The van der Waals surface area contributed by atoms with E-state index in [-0.39, 0.29) is 6.61 Å². The van der Waals surface area contributed by atoms with Gasteiger partial charge in [0.1, 0.15) is 6.61 Å². The Bertz CT molecular complexity index is 384. The first kappa shape index (κ1) is 15.3. The number of halogens is 3. The molecular weight excluding hydrogens is 271 g/mol. The van der Waals surface area contributed by atoms with Gasteiger partial charge < -0.3 is 19.9 Å². The average Bonchev–Trinajstić information content (AvgIpc) is 2.71. The van der Waals surface area contributed by atoms with Gasteiger partial charge in [-0.3, -0.25) is 0 Å². The maximum atomic E-state index is 12.4. The number of aliphatic carboxylic acids is 1. The predicted octanol–water partition coefficient (Wildman–Crippen LogP) is 1.07. The molecule has 9 heteroatoms. The van der Waals surface area contributed by atoms with Gasteiger partial charge in [0.15, 0.2) is 11.6 Å². The van der Waals surface area contributed by atoms with Crippen molar-refractivity contribution in [1.82, 2.24) is 5.32 Å². The van der Waals surface area contributed by atoms with Crippen LogP contribution in [0, 0.1) is 0 Å². The van der Waals surface area contributed by atoms with Gasteiger partial charge in [-0.15, -0.1) is 0 Å². The minimum Gasteiger partial charge on any atom is -0.479 e. The molecule has 1 aliphatic rings. The smallest absolute Gasteiger partial charge is 0.414 e. The van der Waals surface area contributed by atoms with E-state index in [0.717, 1.165) is 0 Å². The molecular formula is C10H12F3NO5. The molecule has 1 saturated heterocycles. The average molecular weight is 283 g/mol. The van der Waals surface area contributed by atoms with Gasteiger partial charge in [-0.25, -0.2) is 9.59 Å². The van der Waals surface area contributed by atoms with Gasteiger partial charge in [-0.05, 0) is 0 Å². The lowest BCUT2D eigenvalue weighted by Gasteiger charge is -2.23. The fraction of sp³-hybridized carbons (Fsp3) is 0.600. The van der Waals surface area contributed by atoms with Crippen molar-refractivity contribution in [2.24, 2.45) is 0 Å². The van der Waals surface area contributed by atoms with E-state index in [1.54, 1.807) is 0 Å². The SMILES string of the molecule is C=CCOC(=O)N[C@@]1(C(=O)O)CO[C@@H](C(F)(F)F)C1. The van der Waals surface area contributed by atoms with Crippen LogP contribution in [-0.2, 0) is 14.3 Å². The number of amides is 1. The molecule has 6 nitrogen and oxygen atoms in total. The molecule has 0 aromatic rings. The Hall–Kier alpha value is -1.77. The van der Waals surface area contributed by atoms with Crippen LogP contribution in [0.25, 0.3) is 0 Å². The maximum Gasteiger partial charge on any atom is 0.414 e. The lowest BCUT2D eigenvalue weighted by Crippen LogP contribution is -2.55. The van der Waals surface area contributed by atoms with Crippen molar-refractivity contribution < 1.29 is 37.3 Å². The number of carboxylic acid groups (broad SMARTS) is 1. The Labute approximate surface area is 106 Å². The number of nitrogens with one attached hydrogen (secondary N) is 1. The Balaban J connectivity index is 2.76. The summed E-state index contributed by atoms with van der Waals surface area (Å²) in [5.41, 5.74) is -2.14. The molecule has 0 unspecified atom stereocenters. The van der Waals surface area contributed by atoms with Crippen LogP contribution in [0.1, 0.15) is 6.42 Å². The second-order valence-electron chi connectivity index (χ2n) is 3.94. The van der Waals surface area contributed by atoms with Crippen LogP contribution >= 0.6 is 0 Å². The van der Waals surface area contributed by atoms with Crippen LogP contribution in [0.4, 0.5) is 18.0 Å². The highest BCUT2D eigenvalue weighted by molar-refractivity contribution is 5.85. The molecule has 0 saturated carbocycles. The molecule has 1 amide bonds. The van der Waals surface area contributed by atoms with Gasteiger partial charge >= 0.3 is 18.2 Å². The van der Waals surface area contributed by atoms with Gasteiger partial charge in [-0.2, -0.15) is 13.2 Å². The van der Waals surface area contributed by atoms with Crippen molar-refractivity contribution in [3.05, 3.63) is 12.7 Å². The zero-order valence-electron chi connectivity index (χ0n) is 9.70. The Morgan fingerprint density at radius 1 is 1.58 bits per heavy atom. The number of ether oxygens (including phenoxy) is 2. The lowest BCUT2D eigenvalue weighted by atomic mass is 9.96. The van der Waals surface area contributed by atoms with E-state index in [1.807, 2.05) is 5.32 Å². The molecule has 2 atom stereocenters. The van der Waals surface area contributed by atoms with Crippen LogP contribution in [0.15, 0.2) is 12.7 Å². The van der Waals surface area contributed by atoms with Crippen molar-refractivity contribution in [2.45, 2.75) is 24.2 Å². The molecule has 0 aromatic heterocycles. The fourth-order valence-electron chi connectivity index (χ4n) is 1.54. The number of rotatable bonds is 4. The van der Waals surface area contributed by atoms with E-state index in [2.05, 4.69) is 16.1 Å². The molecule has 1 aliphatic heterocycles. The summed E-state index contributed by atoms with van der Waals surface area (Å²) >= 11 is 0. The number of carboxylic acids is 1. The minimum absolute atomic E-state index is 0.189. The summed E-state index contributed by atoms with van der Waals surface area (Å²) in [5, 5.41) is 10.9. The van der Waals surface area contributed by atoms with Crippen molar-refractivity contribution in [2.75, 3.05) is 13.2 Å². The van der Waals surface area contributed by atoms with Crippen LogP contribution in [0.3, 0.4) is 0 Å². The minimum atomic E-state index is -4.69. The second-order valence-corrected chi connectivity index (χ2v) is 3.94. The monoisotopic (exact) mass is 283 g/mol. The molecule has 108 valence electrons. The summed E-state index contributed by atoms with van der Waals surface area (Å²) in [6, 6.07) is 0. The van der Waals surface area contributed by atoms with E-state index in [4.69, 9.17) is 5.11 Å². The number of alkyl halides is 3. The summed E-state index contributed by atoms with van der Waals surface area (Å²) < 4.78 is 46.2. The molecule has 19 heavy (non-hydrogen) atoms. The zero-order valence-corrected chi connectivity index (χ0v) is 9.70. The summed E-state index contributed by atoms with van der Waals surface area (Å²) in [6.07, 6.45) is -7.74. The number of carbonyl (C=O) groups is 2. The van der Waals surface area contributed by atoms with E-state index >= 15 is 0 Å². The summed E-state index contributed by atoms with van der Waals surface area (Å²) in [4.78, 5) is 22.3. The van der Waals surface area contributed by atoms with Crippen LogP contribution in [0.5, 0.6) is 0 Å². The molecule has 0 spiro atoms. The van der Waals surface area contributed by atoms with Crippen LogP contribution < -0.4 is 5.32 Å². The highest BCUT2D eigenvalue weighted by Crippen LogP contribution is 2.35. The first-order valence-corrected chi connectivity index (χ1v) is 5.19. The highest BCUT2D eigenvalue weighted by Gasteiger charge is 2.56. The van der Waals surface area contributed by atoms with Gasteiger partial charge in [0.25, 0.3) is 0 Å². The number of hydrogen-bond donors (Lipinski definition) is 2. The standard InChI is InChI=1S/C10H12F3NO5/c1-2-3-18-8(17)14-9(7(15)16)4-6(19-5-9)10(11,12)13/h2,6H,1,3-5H2,(H,14,17)(H,15,16)/t6-,9-/m1/s1. The van der Waals surface area contributed by atoms with E-state index in [0.29, 0.717) is 0 Å². The molecule has 1 fully saturated rings.